The molecule has 0 bridgehead atoms. The van der Waals surface area contributed by atoms with Gasteiger partial charge in [0.25, 0.3) is 17.5 Å². The van der Waals surface area contributed by atoms with Gasteiger partial charge in [0.2, 0.25) is 0 Å². The molecule has 144 valence electrons. The van der Waals surface area contributed by atoms with Crippen LogP contribution >= 0.6 is 0 Å². The van der Waals surface area contributed by atoms with Crippen LogP contribution in [0, 0.1) is 10.1 Å². The number of aliphatic carboxylic acids is 1. The van der Waals surface area contributed by atoms with Gasteiger partial charge in [0, 0.05) is 17.7 Å². The molecule has 0 radical (unpaired) electrons. The van der Waals surface area contributed by atoms with Crippen molar-refractivity contribution >= 4 is 29.5 Å². The average Bonchev–Trinajstić information content (AvgIpc) is 2.68. The lowest BCUT2D eigenvalue weighted by Gasteiger charge is -2.17. The monoisotopic (exact) mass is 382 g/mol. The number of benzene rings is 2. The van der Waals surface area contributed by atoms with E-state index in [1.54, 1.807) is 18.2 Å². The molecule has 28 heavy (non-hydrogen) atoms. The molecule has 1 atom stereocenters. The lowest BCUT2D eigenvalue weighted by Crippen LogP contribution is -2.48. The molecular weight excluding hydrogens is 366 g/mol. The SMILES string of the molecule is C[C@@H](NC(=O)/C(=C/c1cccc([N+](=O)[O-])c1)NC(=O)c1ccccc1)C(=O)[O-]. The summed E-state index contributed by atoms with van der Waals surface area (Å²) in [6.45, 7) is 1.21. The number of nitro groups is 1. The van der Waals surface area contributed by atoms with Crippen LogP contribution in [0.5, 0.6) is 0 Å². The van der Waals surface area contributed by atoms with Crippen LogP contribution in [-0.4, -0.2) is 28.7 Å². The largest absolute Gasteiger partial charge is 0.548 e. The lowest BCUT2D eigenvalue weighted by molar-refractivity contribution is -0.384. The first-order valence-electron chi connectivity index (χ1n) is 8.12. The maximum absolute atomic E-state index is 12.4. The highest BCUT2D eigenvalue weighted by atomic mass is 16.6. The van der Waals surface area contributed by atoms with Gasteiger partial charge in [-0.3, -0.25) is 19.7 Å². The first-order valence-corrected chi connectivity index (χ1v) is 8.12. The molecule has 2 N–H and O–H groups in total. The molecule has 9 nitrogen and oxygen atoms in total. The molecule has 0 aliphatic heterocycles. The van der Waals surface area contributed by atoms with Crippen LogP contribution in [-0.2, 0) is 9.59 Å². The van der Waals surface area contributed by atoms with E-state index in [9.17, 15) is 29.6 Å². The molecule has 0 aliphatic rings. The predicted molar refractivity (Wildman–Crippen MR) is 97.6 cm³/mol. The molecule has 2 aromatic carbocycles. The molecule has 0 aromatic heterocycles. The van der Waals surface area contributed by atoms with Gasteiger partial charge in [0.1, 0.15) is 5.70 Å². The fraction of sp³-hybridized carbons (Fsp3) is 0.105. The normalized spacial score (nSPS) is 12.0. The second-order valence-corrected chi connectivity index (χ2v) is 5.74. The predicted octanol–water partition coefficient (Wildman–Crippen LogP) is 0.620. The Morgan fingerprint density at radius 3 is 2.36 bits per heavy atom. The third kappa shape index (κ3) is 5.49. The number of carbonyl (C=O) groups excluding carboxylic acids is 3. The zero-order chi connectivity index (χ0) is 20.7. The molecule has 9 heteroatoms. The van der Waals surface area contributed by atoms with Gasteiger partial charge in [-0.1, -0.05) is 30.3 Å². The summed E-state index contributed by atoms with van der Waals surface area (Å²) in [7, 11) is 0. The Kier molecular flexibility index (Phi) is 6.58. The van der Waals surface area contributed by atoms with Gasteiger partial charge in [-0.15, -0.1) is 0 Å². The third-order valence-electron chi connectivity index (χ3n) is 3.62. The zero-order valence-electron chi connectivity index (χ0n) is 14.7. The topological polar surface area (TPSA) is 141 Å². The molecule has 0 heterocycles. The summed E-state index contributed by atoms with van der Waals surface area (Å²) in [4.78, 5) is 46.0. The van der Waals surface area contributed by atoms with Crippen LogP contribution in [0.4, 0.5) is 5.69 Å². The second-order valence-electron chi connectivity index (χ2n) is 5.74. The van der Waals surface area contributed by atoms with Gasteiger partial charge < -0.3 is 20.5 Å². The van der Waals surface area contributed by atoms with Crippen LogP contribution in [0.1, 0.15) is 22.8 Å². The van der Waals surface area contributed by atoms with E-state index in [0.29, 0.717) is 0 Å². The minimum Gasteiger partial charge on any atom is -0.548 e. The number of carboxylic acid groups (broad SMARTS) is 1. The highest BCUT2D eigenvalue weighted by Gasteiger charge is 2.17. The minimum atomic E-state index is -1.50. The molecule has 0 saturated carbocycles. The molecule has 2 amide bonds. The van der Waals surface area contributed by atoms with E-state index in [4.69, 9.17) is 0 Å². The van der Waals surface area contributed by atoms with E-state index in [0.717, 1.165) is 0 Å². The van der Waals surface area contributed by atoms with Gasteiger partial charge in [0.05, 0.1) is 16.9 Å². The number of amides is 2. The number of hydrogen-bond acceptors (Lipinski definition) is 6. The van der Waals surface area contributed by atoms with E-state index < -0.39 is 28.7 Å². The van der Waals surface area contributed by atoms with Crippen LogP contribution in [0.25, 0.3) is 6.08 Å². The smallest absolute Gasteiger partial charge is 0.270 e. The molecule has 2 aromatic rings. The van der Waals surface area contributed by atoms with Crippen molar-refractivity contribution in [3.05, 3.63) is 81.5 Å². The summed E-state index contributed by atoms with van der Waals surface area (Å²) in [5, 5.41) is 26.4. The maximum atomic E-state index is 12.4. The number of carboxylic acids is 1. The van der Waals surface area contributed by atoms with Gasteiger partial charge in [-0.25, -0.2) is 0 Å². The van der Waals surface area contributed by atoms with Crippen molar-refractivity contribution in [1.29, 1.82) is 0 Å². The number of hydrogen-bond donors (Lipinski definition) is 2. The van der Waals surface area contributed by atoms with E-state index in [2.05, 4.69) is 10.6 Å². The molecule has 0 spiro atoms. The van der Waals surface area contributed by atoms with E-state index in [1.165, 1.54) is 49.4 Å². The first kappa shape index (κ1) is 20.3. The zero-order valence-corrected chi connectivity index (χ0v) is 14.7. The number of rotatable bonds is 7. The molecule has 0 saturated heterocycles. The molecule has 0 aliphatic carbocycles. The van der Waals surface area contributed by atoms with Gasteiger partial charge in [-0.2, -0.15) is 0 Å². The maximum Gasteiger partial charge on any atom is 0.270 e. The summed E-state index contributed by atoms with van der Waals surface area (Å²) in [6.07, 6.45) is 1.21. The first-order chi connectivity index (χ1) is 13.3. The van der Waals surface area contributed by atoms with Gasteiger partial charge in [-0.05, 0) is 30.7 Å². The molecule has 0 unspecified atom stereocenters. The Hall–Kier alpha value is -4.01. The van der Waals surface area contributed by atoms with Crippen molar-refractivity contribution in [2.75, 3.05) is 0 Å². The summed E-state index contributed by atoms with van der Waals surface area (Å²) in [6, 6.07) is 12.1. The Morgan fingerprint density at radius 2 is 1.75 bits per heavy atom. The highest BCUT2D eigenvalue weighted by molar-refractivity contribution is 6.06. The van der Waals surface area contributed by atoms with E-state index in [-0.39, 0.29) is 22.5 Å². The van der Waals surface area contributed by atoms with Crippen molar-refractivity contribution in [3.63, 3.8) is 0 Å². The van der Waals surface area contributed by atoms with Crippen LogP contribution in [0.2, 0.25) is 0 Å². The van der Waals surface area contributed by atoms with Crippen molar-refractivity contribution in [2.45, 2.75) is 13.0 Å². The Labute approximate surface area is 159 Å². The quantitative estimate of drug-likeness (QED) is 0.408. The number of nitro benzene ring substituents is 1. The number of carbonyl (C=O) groups is 3. The molecular formula is C19H16N3O6-. The summed E-state index contributed by atoms with van der Waals surface area (Å²) in [5.74, 6) is -2.99. The Morgan fingerprint density at radius 1 is 1.07 bits per heavy atom. The average molecular weight is 382 g/mol. The summed E-state index contributed by atoms with van der Waals surface area (Å²) in [5.41, 5.74) is 0.0652. The highest BCUT2D eigenvalue weighted by Crippen LogP contribution is 2.15. The molecule has 0 fully saturated rings. The minimum absolute atomic E-state index is 0.203. The van der Waals surface area contributed by atoms with Crippen molar-refractivity contribution < 1.29 is 24.4 Å². The second kappa shape index (κ2) is 9.08. The molecule has 2 rings (SSSR count). The number of nitrogens with zero attached hydrogens (tertiary/aromatic N) is 1. The standard InChI is InChI=1S/C19H17N3O6/c1-12(19(25)26)20-18(24)16(21-17(23)14-7-3-2-4-8-14)11-13-6-5-9-15(10-13)22(27)28/h2-12H,1H3,(H,20,24)(H,21,23)(H,25,26)/p-1/b16-11-/t12-/m1/s1. The summed E-state index contributed by atoms with van der Waals surface area (Å²) < 4.78 is 0. The van der Waals surface area contributed by atoms with Crippen LogP contribution in [0.3, 0.4) is 0 Å². The van der Waals surface area contributed by atoms with E-state index in [1.807, 2.05) is 0 Å². The van der Waals surface area contributed by atoms with Gasteiger partial charge in [0.15, 0.2) is 0 Å². The third-order valence-corrected chi connectivity index (χ3v) is 3.62. The lowest BCUT2D eigenvalue weighted by atomic mass is 10.1. The van der Waals surface area contributed by atoms with Crippen molar-refractivity contribution in [1.82, 2.24) is 10.6 Å². The van der Waals surface area contributed by atoms with Gasteiger partial charge >= 0.3 is 0 Å². The summed E-state index contributed by atoms with van der Waals surface area (Å²) >= 11 is 0. The number of non-ortho nitro benzene ring substituents is 1. The number of nitrogens with one attached hydrogen (secondary N) is 2. The van der Waals surface area contributed by atoms with Crippen LogP contribution in [0.15, 0.2) is 60.3 Å². The van der Waals surface area contributed by atoms with E-state index >= 15 is 0 Å². The fourth-order valence-corrected chi connectivity index (χ4v) is 2.17. The Balaban J connectivity index is 2.36. The Bertz CT molecular complexity index is 940. The fourth-order valence-electron chi connectivity index (χ4n) is 2.17. The van der Waals surface area contributed by atoms with Crippen LogP contribution < -0.4 is 15.7 Å². The van der Waals surface area contributed by atoms with Crippen molar-refractivity contribution in [2.24, 2.45) is 0 Å². The van der Waals surface area contributed by atoms with Crippen molar-refractivity contribution in [3.8, 4) is 0 Å².